The van der Waals surface area contributed by atoms with Crippen LogP contribution in [0.2, 0.25) is 0 Å². The molecule has 2 fully saturated rings. The topological polar surface area (TPSA) is 110 Å². The largest absolute Gasteiger partial charge is 0.481 e. The Hall–Kier alpha value is -2.15. The van der Waals surface area contributed by atoms with Gasteiger partial charge in [0, 0.05) is 19.8 Å². The molecule has 33 heavy (non-hydrogen) atoms. The second kappa shape index (κ2) is 8.26. The lowest BCUT2D eigenvalue weighted by Crippen LogP contribution is -2.57. The van der Waals surface area contributed by atoms with E-state index in [-0.39, 0.29) is 47.9 Å². The predicted molar refractivity (Wildman–Crippen MR) is 120 cm³/mol. The van der Waals surface area contributed by atoms with Crippen LogP contribution in [0.5, 0.6) is 0 Å². The number of carbonyl (C=O) groups excluding carboxylic acids is 2. The Labute approximate surface area is 195 Å². The molecule has 0 aromatic carbocycles. The summed E-state index contributed by atoms with van der Waals surface area (Å²) in [7, 11) is 1.41. The van der Waals surface area contributed by atoms with Crippen molar-refractivity contribution in [1.82, 2.24) is 0 Å². The van der Waals surface area contributed by atoms with Gasteiger partial charge >= 0.3 is 17.9 Å². The molecule has 0 radical (unpaired) electrons. The fourth-order valence-electron chi connectivity index (χ4n) is 7.78. The molecule has 2 N–H and O–H groups in total. The normalized spacial score (nSPS) is 41.6. The van der Waals surface area contributed by atoms with Gasteiger partial charge in [-0.15, -0.1) is 0 Å². The lowest BCUT2D eigenvalue weighted by atomic mass is 9.45. The van der Waals surface area contributed by atoms with E-state index in [0.29, 0.717) is 18.6 Å². The summed E-state index contributed by atoms with van der Waals surface area (Å²) in [6.45, 7) is 5.74. The average Bonchev–Trinajstić information content (AvgIpc) is 3.02. The number of esters is 2. The summed E-state index contributed by atoms with van der Waals surface area (Å²) in [4.78, 5) is 35.8. The molecular formula is C26H36O7. The quantitative estimate of drug-likeness (QED) is 0.597. The average molecular weight is 461 g/mol. The third kappa shape index (κ3) is 3.72. The molecule has 0 heterocycles. The van der Waals surface area contributed by atoms with Crippen LogP contribution in [-0.4, -0.2) is 40.8 Å². The molecule has 0 spiro atoms. The summed E-state index contributed by atoms with van der Waals surface area (Å²) >= 11 is 0. The molecule has 7 heteroatoms. The monoisotopic (exact) mass is 460 g/mol. The Kier molecular flexibility index (Phi) is 6.00. The Bertz CT molecular complexity index is 920. The molecule has 4 rings (SSSR count). The number of methoxy groups -OCH3 is 1. The molecule has 7 atom stereocenters. The molecule has 7 nitrogen and oxygen atoms in total. The van der Waals surface area contributed by atoms with Crippen LogP contribution in [0.3, 0.4) is 0 Å². The van der Waals surface area contributed by atoms with Crippen LogP contribution < -0.4 is 0 Å². The molecule has 0 aromatic rings. The van der Waals surface area contributed by atoms with Gasteiger partial charge < -0.3 is 19.7 Å². The van der Waals surface area contributed by atoms with E-state index in [1.807, 2.05) is 12.2 Å². The summed E-state index contributed by atoms with van der Waals surface area (Å²) in [5.74, 6) is -0.967. The van der Waals surface area contributed by atoms with Crippen molar-refractivity contribution in [2.24, 2.45) is 34.5 Å². The van der Waals surface area contributed by atoms with Gasteiger partial charge in [0.2, 0.25) is 0 Å². The third-order valence-electron chi connectivity index (χ3n) is 9.61. The van der Waals surface area contributed by atoms with Gasteiger partial charge in [-0.05, 0) is 78.8 Å². The first-order valence-electron chi connectivity index (χ1n) is 12.1. The number of hydrogen-bond donors (Lipinski definition) is 2. The van der Waals surface area contributed by atoms with E-state index in [1.165, 1.54) is 14.0 Å². The molecule has 4 aliphatic carbocycles. The van der Waals surface area contributed by atoms with Gasteiger partial charge in [-0.3, -0.25) is 14.4 Å². The fourth-order valence-corrected chi connectivity index (χ4v) is 7.78. The molecule has 0 unspecified atom stereocenters. The number of rotatable bonds is 5. The van der Waals surface area contributed by atoms with Gasteiger partial charge in [-0.1, -0.05) is 19.9 Å². The van der Waals surface area contributed by atoms with E-state index >= 15 is 0 Å². The van der Waals surface area contributed by atoms with Crippen molar-refractivity contribution in [2.75, 3.05) is 7.11 Å². The van der Waals surface area contributed by atoms with E-state index in [4.69, 9.17) is 9.47 Å². The van der Waals surface area contributed by atoms with Crippen LogP contribution in [0, 0.1) is 34.5 Å². The molecule has 0 saturated heterocycles. The van der Waals surface area contributed by atoms with Crippen LogP contribution >= 0.6 is 0 Å². The summed E-state index contributed by atoms with van der Waals surface area (Å²) in [6, 6.07) is 0. The first-order chi connectivity index (χ1) is 15.4. The lowest BCUT2D eigenvalue weighted by Gasteiger charge is -2.59. The number of aliphatic carboxylic acids is 1. The molecule has 0 aromatic heterocycles. The number of carboxylic acid groups (broad SMARTS) is 1. The minimum Gasteiger partial charge on any atom is -0.481 e. The van der Waals surface area contributed by atoms with Gasteiger partial charge in [0.05, 0.1) is 18.6 Å². The minimum absolute atomic E-state index is 0.0208. The second-order valence-electron chi connectivity index (χ2n) is 11.0. The van der Waals surface area contributed by atoms with E-state index < -0.39 is 22.9 Å². The SMILES string of the molecule is COC(=O)[C@@H]1C=C2C=C(OC(C)=O)CC[C@]2(C)[C@H]2CC[C@@]3(C)[C@@H](CC[C@@]3(O)CCC(=O)O)[C@H]12. The van der Waals surface area contributed by atoms with Crippen LogP contribution in [-0.2, 0) is 23.9 Å². The molecule has 0 amide bonds. The van der Waals surface area contributed by atoms with Gasteiger partial charge in [0.25, 0.3) is 0 Å². The Balaban J connectivity index is 1.74. The van der Waals surface area contributed by atoms with Crippen LogP contribution in [0.15, 0.2) is 23.5 Å². The van der Waals surface area contributed by atoms with Gasteiger partial charge in [0.1, 0.15) is 5.76 Å². The summed E-state index contributed by atoms with van der Waals surface area (Å²) in [5.41, 5.74) is -0.599. The zero-order valence-electron chi connectivity index (χ0n) is 20.1. The van der Waals surface area contributed by atoms with Crippen molar-refractivity contribution in [2.45, 2.75) is 77.7 Å². The summed E-state index contributed by atoms with van der Waals surface area (Å²) < 4.78 is 10.6. The van der Waals surface area contributed by atoms with E-state index in [1.54, 1.807) is 0 Å². The van der Waals surface area contributed by atoms with Crippen LogP contribution in [0.1, 0.15) is 72.1 Å². The van der Waals surface area contributed by atoms with Gasteiger partial charge in [-0.2, -0.15) is 0 Å². The molecule has 4 aliphatic rings. The zero-order chi connectivity index (χ0) is 24.2. The fraction of sp³-hybridized carbons (Fsp3) is 0.731. The number of allylic oxidation sites excluding steroid dienone is 3. The zero-order valence-corrected chi connectivity index (χ0v) is 20.1. The molecular weight excluding hydrogens is 424 g/mol. The van der Waals surface area contributed by atoms with Crippen LogP contribution in [0.4, 0.5) is 0 Å². The first kappa shape index (κ1) is 24.0. The van der Waals surface area contributed by atoms with Crippen molar-refractivity contribution in [1.29, 1.82) is 0 Å². The molecule has 0 bridgehead atoms. The van der Waals surface area contributed by atoms with Crippen molar-refractivity contribution in [3.05, 3.63) is 23.5 Å². The highest BCUT2D eigenvalue weighted by atomic mass is 16.5. The van der Waals surface area contributed by atoms with Gasteiger partial charge in [0.15, 0.2) is 0 Å². The van der Waals surface area contributed by atoms with Crippen molar-refractivity contribution in [3.8, 4) is 0 Å². The number of carboxylic acids is 1. The van der Waals surface area contributed by atoms with Crippen molar-refractivity contribution in [3.63, 3.8) is 0 Å². The van der Waals surface area contributed by atoms with E-state index in [9.17, 15) is 24.6 Å². The van der Waals surface area contributed by atoms with Crippen LogP contribution in [0.25, 0.3) is 0 Å². The number of aliphatic hydroxyl groups is 1. The Morgan fingerprint density at radius 1 is 1.12 bits per heavy atom. The van der Waals surface area contributed by atoms with Gasteiger partial charge in [-0.25, -0.2) is 0 Å². The smallest absolute Gasteiger partial charge is 0.312 e. The number of hydrogen-bond acceptors (Lipinski definition) is 6. The standard InChI is InChI=1S/C26H36O7/c1-15(27)33-17-5-9-24(2)16(13-17)14-18(23(30)32-4)22-19(24)6-10-25(3)20(22)7-11-26(25,31)12-8-21(28)29/h13-14,18-20,22,31H,5-12H2,1-4H3,(H,28,29)/t18-,19+,20+,22-,24+,25+,26-/m1/s1. The molecule has 2 saturated carbocycles. The van der Waals surface area contributed by atoms with Crippen molar-refractivity contribution < 1.29 is 34.1 Å². The van der Waals surface area contributed by atoms with E-state index in [0.717, 1.165) is 31.3 Å². The molecule has 182 valence electrons. The number of fused-ring (bicyclic) bond motifs is 5. The maximum absolute atomic E-state index is 13.0. The first-order valence-corrected chi connectivity index (χ1v) is 12.1. The number of carbonyl (C=O) groups is 3. The maximum Gasteiger partial charge on any atom is 0.312 e. The predicted octanol–water partition coefficient (Wildman–Crippen LogP) is 4.00. The maximum atomic E-state index is 13.0. The van der Waals surface area contributed by atoms with E-state index in [2.05, 4.69) is 13.8 Å². The highest BCUT2D eigenvalue weighted by Crippen LogP contribution is 2.68. The number of ether oxygens (including phenoxy) is 2. The Morgan fingerprint density at radius 3 is 2.45 bits per heavy atom. The summed E-state index contributed by atoms with van der Waals surface area (Å²) in [5, 5.41) is 20.9. The third-order valence-corrected chi connectivity index (χ3v) is 9.61. The van der Waals surface area contributed by atoms with Crippen molar-refractivity contribution >= 4 is 17.9 Å². The lowest BCUT2D eigenvalue weighted by molar-refractivity contribution is -0.162. The molecule has 0 aliphatic heterocycles. The highest BCUT2D eigenvalue weighted by molar-refractivity contribution is 5.76. The minimum atomic E-state index is -1.04. The highest BCUT2D eigenvalue weighted by Gasteiger charge is 2.65. The second-order valence-corrected chi connectivity index (χ2v) is 11.0. The summed E-state index contributed by atoms with van der Waals surface area (Å²) in [6.07, 6.45) is 8.61. The Morgan fingerprint density at radius 2 is 1.82 bits per heavy atom.